The fraction of sp³-hybridized carbons (Fsp3) is 0.727. The van der Waals surface area contributed by atoms with Gasteiger partial charge in [-0.1, -0.05) is 0 Å². The van der Waals surface area contributed by atoms with Gasteiger partial charge in [0, 0.05) is 17.5 Å². The zero-order valence-electron chi connectivity index (χ0n) is 10.1. The summed E-state index contributed by atoms with van der Waals surface area (Å²) in [6, 6.07) is 0.309. The molecule has 0 bridgehead atoms. The normalized spacial score (nSPS) is 13.0. The lowest BCUT2D eigenvalue weighted by Crippen LogP contribution is -2.23. The molecule has 0 amide bonds. The summed E-state index contributed by atoms with van der Waals surface area (Å²) in [4.78, 5) is 5.70. The SMILES string of the molecule is Cc1nc(C)c(C(C)NCCOCCO)s1. The molecule has 4 nitrogen and oxygen atoms in total. The first-order chi connectivity index (χ1) is 7.65. The molecule has 1 aromatic rings. The Hall–Kier alpha value is -0.490. The molecule has 0 aliphatic rings. The van der Waals surface area contributed by atoms with Crippen LogP contribution in [0.5, 0.6) is 0 Å². The molecule has 1 aromatic heterocycles. The number of hydrogen-bond donors (Lipinski definition) is 2. The maximum Gasteiger partial charge on any atom is 0.0900 e. The Labute approximate surface area is 101 Å². The monoisotopic (exact) mass is 244 g/mol. The number of aryl methyl sites for hydroxylation is 2. The number of rotatable bonds is 7. The minimum Gasteiger partial charge on any atom is -0.394 e. The molecule has 1 heterocycles. The van der Waals surface area contributed by atoms with Gasteiger partial charge in [0.05, 0.1) is 30.5 Å². The van der Waals surface area contributed by atoms with Crippen molar-refractivity contribution in [2.75, 3.05) is 26.4 Å². The van der Waals surface area contributed by atoms with E-state index >= 15 is 0 Å². The molecule has 5 heteroatoms. The lowest BCUT2D eigenvalue weighted by molar-refractivity contribution is 0.0929. The fourth-order valence-corrected chi connectivity index (χ4v) is 2.51. The van der Waals surface area contributed by atoms with Gasteiger partial charge in [0.15, 0.2) is 0 Å². The van der Waals surface area contributed by atoms with Crippen molar-refractivity contribution in [1.29, 1.82) is 0 Å². The minimum absolute atomic E-state index is 0.0860. The number of aliphatic hydroxyl groups is 1. The lowest BCUT2D eigenvalue weighted by Gasteiger charge is -2.12. The van der Waals surface area contributed by atoms with Crippen LogP contribution in [0.15, 0.2) is 0 Å². The Morgan fingerprint density at radius 2 is 2.19 bits per heavy atom. The Kier molecular flexibility index (Phi) is 5.90. The second kappa shape index (κ2) is 6.96. The molecule has 0 saturated carbocycles. The predicted molar refractivity (Wildman–Crippen MR) is 65.9 cm³/mol. The van der Waals surface area contributed by atoms with E-state index < -0.39 is 0 Å². The Balaban J connectivity index is 2.29. The van der Waals surface area contributed by atoms with Gasteiger partial charge in [0.25, 0.3) is 0 Å². The highest BCUT2D eigenvalue weighted by Gasteiger charge is 2.11. The number of thiazole rings is 1. The van der Waals surface area contributed by atoms with Crippen molar-refractivity contribution < 1.29 is 9.84 Å². The van der Waals surface area contributed by atoms with Gasteiger partial charge in [-0.25, -0.2) is 4.98 Å². The Bertz CT molecular complexity index is 315. The number of hydrogen-bond acceptors (Lipinski definition) is 5. The summed E-state index contributed by atoms with van der Waals surface area (Å²) in [6.07, 6.45) is 0. The summed E-state index contributed by atoms with van der Waals surface area (Å²) >= 11 is 1.74. The maximum absolute atomic E-state index is 8.54. The number of aliphatic hydroxyl groups excluding tert-OH is 1. The van der Waals surface area contributed by atoms with Gasteiger partial charge in [-0.15, -0.1) is 11.3 Å². The van der Waals surface area contributed by atoms with Crippen LogP contribution < -0.4 is 5.32 Å². The fourth-order valence-electron chi connectivity index (χ4n) is 1.56. The van der Waals surface area contributed by atoms with E-state index in [-0.39, 0.29) is 6.61 Å². The molecule has 92 valence electrons. The smallest absolute Gasteiger partial charge is 0.0900 e. The molecule has 0 aromatic carbocycles. The largest absolute Gasteiger partial charge is 0.394 e. The van der Waals surface area contributed by atoms with Crippen LogP contribution in [-0.4, -0.2) is 36.5 Å². The summed E-state index contributed by atoms with van der Waals surface area (Å²) in [5.41, 5.74) is 1.11. The van der Waals surface area contributed by atoms with Gasteiger partial charge in [-0.3, -0.25) is 0 Å². The first-order valence-corrected chi connectivity index (χ1v) is 6.32. The average Bonchev–Trinajstić information content (AvgIpc) is 2.57. The van der Waals surface area contributed by atoms with Crippen molar-refractivity contribution in [2.24, 2.45) is 0 Å². The third-order valence-corrected chi connectivity index (χ3v) is 3.52. The third kappa shape index (κ3) is 4.17. The molecule has 16 heavy (non-hydrogen) atoms. The average molecular weight is 244 g/mol. The van der Waals surface area contributed by atoms with Crippen molar-refractivity contribution in [3.05, 3.63) is 15.6 Å². The summed E-state index contributed by atoms with van der Waals surface area (Å²) in [5.74, 6) is 0. The lowest BCUT2D eigenvalue weighted by atomic mass is 10.2. The van der Waals surface area contributed by atoms with Crippen molar-refractivity contribution in [1.82, 2.24) is 10.3 Å². The van der Waals surface area contributed by atoms with Crippen LogP contribution in [0.2, 0.25) is 0 Å². The molecule has 0 aliphatic carbocycles. The maximum atomic E-state index is 8.54. The summed E-state index contributed by atoms with van der Waals surface area (Å²) in [7, 11) is 0. The Morgan fingerprint density at radius 3 is 2.75 bits per heavy atom. The van der Waals surface area contributed by atoms with Gasteiger partial charge in [0.2, 0.25) is 0 Å². The standard InChI is InChI=1S/C11H20N2O2S/c1-8(12-4-6-15-7-5-14)11-9(2)13-10(3)16-11/h8,12,14H,4-7H2,1-3H3. The highest BCUT2D eigenvalue weighted by Crippen LogP contribution is 2.23. The molecular formula is C11H20N2O2S. The van der Waals surface area contributed by atoms with Crippen molar-refractivity contribution in [3.63, 3.8) is 0 Å². The predicted octanol–water partition coefficient (Wildman–Crippen LogP) is 1.42. The van der Waals surface area contributed by atoms with E-state index in [9.17, 15) is 0 Å². The van der Waals surface area contributed by atoms with E-state index in [1.54, 1.807) is 11.3 Å². The van der Waals surface area contributed by atoms with E-state index in [0.29, 0.717) is 19.3 Å². The summed E-state index contributed by atoms with van der Waals surface area (Å²) in [5, 5.41) is 13.0. The van der Waals surface area contributed by atoms with E-state index in [2.05, 4.69) is 17.2 Å². The first-order valence-electron chi connectivity index (χ1n) is 5.51. The van der Waals surface area contributed by atoms with Crippen LogP contribution in [0.3, 0.4) is 0 Å². The first kappa shape index (κ1) is 13.6. The Morgan fingerprint density at radius 1 is 1.44 bits per heavy atom. The highest BCUT2D eigenvalue weighted by atomic mass is 32.1. The molecular weight excluding hydrogens is 224 g/mol. The number of nitrogens with zero attached hydrogens (tertiary/aromatic N) is 1. The molecule has 1 atom stereocenters. The second-order valence-corrected chi connectivity index (χ2v) is 4.93. The van der Waals surface area contributed by atoms with Crippen molar-refractivity contribution >= 4 is 11.3 Å². The zero-order valence-corrected chi connectivity index (χ0v) is 10.9. The van der Waals surface area contributed by atoms with Gasteiger partial charge >= 0.3 is 0 Å². The molecule has 0 aliphatic heterocycles. The van der Waals surface area contributed by atoms with Crippen LogP contribution in [0.4, 0.5) is 0 Å². The van der Waals surface area contributed by atoms with Gasteiger partial charge in [0.1, 0.15) is 0 Å². The minimum atomic E-state index is 0.0860. The van der Waals surface area contributed by atoms with E-state index in [0.717, 1.165) is 17.2 Å². The molecule has 1 rings (SSSR count). The molecule has 0 radical (unpaired) electrons. The number of aromatic nitrogens is 1. The molecule has 0 fully saturated rings. The summed E-state index contributed by atoms with van der Waals surface area (Å²) < 4.78 is 5.18. The third-order valence-electron chi connectivity index (χ3n) is 2.27. The number of ether oxygens (including phenoxy) is 1. The van der Waals surface area contributed by atoms with Gasteiger partial charge in [-0.05, 0) is 20.8 Å². The molecule has 0 spiro atoms. The van der Waals surface area contributed by atoms with Crippen molar-refractivity contribution in [3.8, 4) is 0 Å². The highest BCUT2D eigenvalue weighted by molar-refractivity contribution is 7.11. The van der Waals surface area contributed by atoms with E-state index in [1.165, 1.54) is 4.88 Å². The quantitative estimate of drug-likeness (QED) is 0.712. The van der Waals surface area contributed by atoms with E-state index in [4.69, 9.17) is 9.84 Å². The molecule has 2 N–H and O–H groups in total. The second-order valence-electron chi connectivity index (χ2n) is 3.69. The topological polar surface area (TPSA) is 54.4 Å². The van der Waals surface area contributed by atoms with Gasteiger partial charge in [-0.2, -0.15) is 0 Å². The summed E-state index contributed by atoms with van der Waals surface area (Å²) in [6.45, 7) is 8.11. The van der Waals surface area contributed by atoms with Crippen LogP contribution in [0.25, 0.3) is 0 Å². The van der Waals surface area contributed by atoms with E-state index in [1.807, 2.05) is 13.8 Å². The zero-order chi connectivity index (χ0) is 12.0. The molecule has 0 saturated heterocycles. The van der Waals surface area contributed by atoms with Gasteiger partial charge < -0.3 is 15.2 Å². The van der Waals surface area contributed by atoms with Crippen LogP contribution in [-0.2, 0) is 4.74 Å². The molecule has 1 unspecified atom stereocenters. The van der Waals surface area contributed by atoms with Crippen LogP contribution in [0.1, 0.15) is 28.5 Å². The van der Waals surface area contributed by atoms with Crippen LogP contribution in [0, 0.1) is 13.8 Å². The number of nitrogens with one attached hydrogen (secondary N) is 1. The van der Waals surface area contributed by atoms with Crippen molar-refractivity contribution in [2.45, 2.75) is 26.8 Å². The van der Waals surface area contributed by atoms with Crippen LogP contribution >= 0.6 is 11.3 Å².